The third kappa shape index (κ3) is 8.57. The van der Waals surface area contributed by atoms with Crippen molar-refractivity contribution in [3.05, 3.63) is 60.2 Å². The molecule has 1 atom stereocenters. The van der Waals surface area contributed by atoms with Crippen LogP contribution < -0.4 is 25.6 Å². The lowest BCUT2D eigenvalue weighted by Gasteiger charge is -2.18. The average molecular weight is 457 g/mol. The Labute approximate surface area is 190 Å². The number of carbonyl (C=O) groups is 3. The van der Waals surface area contributed by atoms with Crippen LogP contribution in [0.2, 0.25) is 0 Å². The van der Waals surface area contributed by atoms with Crippen LogP contribution in [-0.2, 0) is 14.4 Å². The van der Waals surface area contributed by atoms with Crippen LogP contribution in [0.1, 0.15) is 12.0 Å². The summed E-state index contributed by atoms with van der Waals surface area (Å²) in [6, 6.07) is 16.4. The smallest absolute Gasteiger partial charge is 0.276 e. The molecule has 0 spiro atoms. The van der Waals surface area contributed by atoms with Crippen molar-refractivity contribution >= 4 is 29.5 Å². The first-order valence-electron chi connectivity index (χ1n) is 9.70. The molecule has 10 heteroatoms. The zero-order chi connectivity index (χ0) is 23.2. The molecule has 0 heterocycles. The number of carbonyl (C=O) groups excluding carboxylic acids is 3. The van der Waals surface area contributed by atoms with E-state index >= 15 is 0 Å². The highest BCUT2D eigenvalue weighted by atomic mass is 32.2. The maximum absolute atomic E-state index is 12.5. The molecule has 0 radical (unpaired) electrons. The minimum absolute atomic E-state index is 0.244. The van der Waals surface area contributed by atoms with Crippen molar-refractivity contribution in [1.82, 2.24) is 16.2 Å². The number of thioether (sulfide) groups is 1. The van der Waals surface area contributed by atoms with E-state index in [4.69, 9.17) is 14.7 Å². The van der Waals surface area contributed by atoms with E-state index in [1.54, 1.807) is 48.5 Å². The lowest BCUT2D eigenvalue weighted by molar-refractivity contribution is -0.133. The first-order chi connectivity index (χ1) is 15.5. The van der Waals surface area contributed by atoms with E-state index in [1.165, 1.54) is 11.8 Å². The summed E-state index contributed by atoms with van der Waals surface area (Å²) in [6.45, 7) is -0.642. The zero-order valence-electron chi connectivity index (χ0n) is 17.5. The van der Waals surface area contributed by atoms with Gasteiger partial charge in [0.25, 0.3) is 17.7 Å². The molecule has 0 aliphatic rings. The quantitative estimate of drug-likeness (QED) is 0.436. The molecule has 1 unspecified atom stereocenters. The van der Waals surface area contributed by atoms with Crippen LogP contribution >= 0.6 is 11.8 Å². The van der Waals surface area contributed by atoms with E-state index in [-0.39, 0.29) is 12.4 Å². The number of hydrogen-bond acceptors (Lipinski definition) is 7. The Morgan fingerprint density at radius 1 is 0.969 bits per heavy atom. The van der Waals surface area contributed by atoms with Gasteiger partial charge in [-0.05, 0) is 42.7 Å². The predicted molar refractivity (Wildman–Crippen MR) is 120 cm³/mol. The van der Waals surface area contributed by atoms with E-state index in [1.807, 2.05) is 18.4 Å². The molecule has 32 heavy (non-hydrogen) atoms. The predicted octanol–water partition coefficient (Wildman–Crippen LogP) is 1.40. The van der Waals surface area contributed by atoms with E-state index < -0.39 is 30.4 Å². The van der Waals surface area contributed by atoms with Gasteiger partial charge >= 0.3 is 0 Å². The number of hydrogen-bond donors (Lipinski definition) is 3. The SMILES string of the molecule is CSCCC(NC(=O)COc1ccccc1)C(=O)NNC(=O)COc1ccccc1C#N. The van der Waals surface area contributed by atoms with E-state index in [0.717, 1.165) is 0 Å². The molecule has 0 bridgehead atoms. The number of rotatable bonds is 11. The minimum atomic E-state index is -0.852. The van der Waals surface area contributed by atoms with E-state index in [2.05, 4.69) is 16.2 Å². The summed E-state index contributed by atoms with van der Waals surface area (Å²) in [5.74, 6) is -0.220. The number of benzene rings is 2. The van der Waals surface area contributed by atoms with Gasteiger partial charge in [-0.3, -0.25) is 25.2 Å². The molecule has 0 aliphatic heterocycles. The molecule has 2 aromatic rings. The largest absolute Gasteiger partial charge is 0.484 e. The monoisotopic (exact) mass is 456 g/mol. The molecule has 0 saturated heterocycles. The van der Waals surface area contributed by atoms with Crippen molar-refractivity contribution in [3.8, 4) is 17.6 Å². The summed E-state index contributed by atoms with van der Waals surface area (Å²) in [6.07, 6.45) is 2.25. The first-order valence-corrected chi connectivity index (χ1v) is 11.1. The molecular formula is C22H24N4O5S. The fourth-order valence-electron chi connectivity index (χ4n) is 2.49. The van der Waals surface area contributed by atoms with Crippen molar-refractivity contribution in [3.63, 3.8) is 0 Å². The normalized spacial score (nSPS) is 10.9. The van der Waals surface area contributed by atoms with E-state index in [0.29, 0.717) is 23.5 Å². The molecule has 2 aromatic carbocycles. The van der Waals surface area contributed by atoms with Crippen LogP contribution in [0.4, 0.5) is 0 Å². The fraction of sp³-hybridized carbons (Fsp3) is 0.273. The van der Waals surface area contributed by atoms with Gasteiger partial charge in [0.05, 0.1) is 5.56 Å². The zero-order valence-corrected chi connectivity index (χ0v) is 18.3. The molecule has 2 rings (SSSR count). The van der Waals surface area contributed by atoms with Gasteiger partial charge in [0.15, 0.2) is 13.2 Å². The topological polar surface area (TPSA) is 130 Å². The Morgan fingerprint density at radius 3 is 2.38 bits per heavy atom. The van der Waals surface area contributed by atoms with Crippen LogP contribution in [0.5, 0.6) is 11.5 Å². The van der Waals surface area contributed by atoms with Crippen molar-refractivity contribution < 1.29 is 23.9 Å². The minimum Gasteiger partial charge on any atom is -0.484 e. The van der Waals surface area contributed by atoms with Gasteiger partial charge in [0, 0.05) is 0 Å². The van der Waals surface area contributed by atoms with Gasteiger partial charge in [-0.15, -0.1) is 0 Å². The van der Waals surface area contributed by atoms with Gasteiger partial charge < -0.3 is 14.8 Å². The van der Waals surface area contributed by atoms with Crippen molar-refractivity contribution in [1.29, 1.82) is 5.26 Å². The summed E-state index contributed by atoms with van der Waals surface area (Å²) in [5, 5.41) is 11.6. The van der Waals surface area contributed by atoms with Gasteiger partial charge in [-0.2, -0.15) is 17.0 Å². The molecule has 0 aromatic heterocycles. The van der Waals surface area contributed by atoms with Crippen LogP contribution in [0.15, 0.2) is 54.6 Å². The maximum atomic E-state index is 12.5. The second-order valence-corrected chi connectivity index (χ2v) is 7.42. The molecule has 0 saturated carbocycles. The first kappa shape index (κ1) is 24.6. The Balaban J connectivity index is 1.81. The molecule has 168 valence electrons. The maximum Gasteiger partial charge on any atom is 0.276 e. The summed E-state index contributed by atoms with van der Waals surface area (Å²) in [4.78, 5) is 36.7. The van der Waals surface area contributed by atoms with Gasteiger partial charge in [0.1, 0.15) is 23.6 Å². The van der Waals surface area contributed by atoms with Gasteiger partial charge in [-0.1, -0.05) is 30.3 Å². The van der Waals surface area contributed by atoms with Gasteiger partial charge in [0.2, 0.25) is 0 Å². The highest BCUT2D eigenvalue weighted by molar-refractivity contribution is 7.98. The van der Waals surface area contributed by atoms with E-state index in [9.17, 15) is 14.4 Å². The third-order valence-corrected chi connectivity index (χ3v) is 4.71. The Morgan fingerprint density at radius 2 is 1.66 bits per heavy atom. The molecule has 0 aliphatic carbocycles. The van der Waals surface area contributed by atoms with Crippen LogP contribution in [0, 0.1) is 11.3 Å². The Kier molecular flexibility index (Phi) is 10.4. The Hall–Kier alpha value is -3.71. The van der Waals surface area contributed by atoms with Crippen molar-refractivity contribution in [2.45, 2.75) is 12.5 Å². The van der Waals surface area contributed by atoms with Gasteiger partial charge in [-0.25, -0.2) is 0 Å². The lowest BCUT2D eigenvalue weighted by Crippen LogP contribution is -2.53. The molecule has 0 fully saturated rings. The average Bonchev–Trinajstić information content (AvgIpc) is 2.83. The third-order valence-electron chi connectivity index (χ3n) is 4.07. The fourth-order valence-corrected chi connectivity index (χ4v) is 2.96. The number of ether oxygens (including phenoxy) is 2. The highest BCUT2D eigenvalue weighted by Gasteiger charge is 2.21. The highest BCUT2D eigenvalue weighted by Crippen LogP contribution is 2.16. The lowest BCUT2D eigenvalue weighted by atomic mass is 10.2. The number of para-hydroxylation sites is 2. The molecular weight excluding hydrogens is 432 g/mol. The summed E-state index contributed by atoms with van der Waals surface area (Å²) in [5.41, 5.74) is 4.82. The number of nitriles is 1. The standard InChI is InChI=1S/C22H24N4O5S/c1-32-12-11-18(24-20(27)14-30-17-8-3-2-4-9-17)22(29)26-25-21(28)15-31-19-10-6-5-7-16(19)13-23/h2-10,18H,11-12,14-15H2,1H3,(H,24,27)(H,25,28)(H,26,29). The van der Waals surface area contributed by atoms with Crippen molar-refractivity contribution in [2.75, 3.05) is 25.2 Å². The van der Waals surface area contributed by atoms with Crippen molar-refractivity contribution in [2.24, 2.45) is 0 Å². The number of hydrazine groups is 1. The summed E-state index contributed by atoms with van der Waals surface area (Å²) < 4.78 is 10.7. The second kappa shape index (κ2) is 13.6. The molecule has 3 amide bonds. The molecule has 9 nitrogen and oxygen atoms in total. The second-order valence-electron chi connectivity index (χ2n) is 6.44. The van der Waals surface area contributed by atoms with Crippen LogP contribution in [-0.4, -0.2) is 49.0 Å². The Bertz CT molecular complexity index is 949. The number of nitrogens with zero attached hydrogens (tertiary/aromatic N) is 1. The van der Waals surface area contributed by atoms with Crippen LogP contribution in [0.25, 0.3) is 0 Å². The number of amides is 3. The molecule has 3 N–H and O–H groups in total. The summed E-state index contributed by atoms with van der Waals surface area (Å²) in [7, 11) is 0. The van der Waals surface area contributed by atoms with Crippen LogP contribution in [0.3, 0.4) is 0 Å². The number of nitrogens with one attached hydrogen (secondary N) is 3. The summed E-state index contributed by atoms with van der Waals surface area (Å²) >= 11 is 1.52.